The largest absolute Gasteiger partial charge is 0.484 e. The van der Waals surface area contributed by atoms with E-state index in [9.17, 15) is 14.4 Å². The van der Waals surface area contributed by atoms with Crippen LogP contribution in [0, 0.1) is 6.92 Å². The van der Waals surface area contributed by atoms with Gasteiger partial charge in [-0.1, -0.05) is 60.2 Å². The third kappa shape index (κ3) is 6.44. The predicted octanol–water partition coefficient (Wildman–Crippen LogP) is 5.52. The number of esters is 1. The van der Waals surface area contributed by atoms with Crippen LogP contribution in [0.3, 0.4) is 0 Å². The van der Waals surface area contributed by atoms with E-state index in [2.05, 4.69) is 5.32 Å². The van der Waals surface area contributed by atoms with Gasteiger partial charge in [0.1, 0.15) is 5.75 Å². The Morgan fingerprint density at radius 2 is 1.62 bits per heavy atom. The smallest absolute Gasteiger partial charge is 0.340 e. The molecule has 1 aliphatic heterocycles. The zero-order valence-electron chi connectivity index (χ0n) is 22.6. The molecule has 0 unspecified atom stereocenters. The van der Waals surface area contributed by atoms with E-state index in [0.717, 1.165) is 11.1 Å². The topological polar surface area (TPSA) is 84.9 Å². The number of benzene rings is 3. The standard InChI is InChI=1S/C32H32N2O5/c1-5-38-32(37)30-23(4)34(26-15-11-21(2)12-16-26)31(36)28(30)19-24-13-17-27(18-14-24)39-20-29(35)33-22(3)25-9-7-6-8-10-25/h6-19,22H,5,20H2,1-4H3,(H,33,35)/b28-19-/t22-/m0/s1. The number of nitrogens with one attached hydrogen (secondary N) is 1. The second-order valence-corrected chi connectivity index (χ2v) is 9.27. The van der Waals surface area contributed by atoms with Crippen molar-refractivity contribution in [2.45, 2.75) is 33.7 Å². The molecule has 0 saturated carbocycles. The summed E-state index contributed by atoms with van der Waals surface area (Å²) in [5.74, 6) is -0.565. The molecule has 1 heterocycles. The molecule has 1 aliphatic rings. The van der Waals surface area contributed by atoms with Crippen molar-refractivity contribution in [3.8, 4) is 5.75 Å². The number of hydrogen-bond donors (Lipinski definition) is 1. The van der Waals surface area contributed by atoms with E-state index in [4.69, 9.17) is 9.47 Å². The van der Waals surface area contributed by atoms with Gasteiger partial charge in [0.05, 0.1) is 23.8 Å². The number of allylic oxidation sites excluding steroid dienone is 1. The highest BCUT2D eigenvalue weighted by Crippen LogP contribution is 2.35. The van der Waals surface area contributed by atoms with Gasteiger partial charge < -0.3 is 14.8 Å². The van der Waals surface area contributed by atoms with Crippen LogP contribution in [0.25, 0.3) is 6.08 Å². The number of amides is 2. The van der Waals surface area contributed by atoms with Crippen molar-refractivity contribution in [2.75, 3.05) is 18.1 Å². The second kappa shape index (κ2) is 12.3. The average molecular weight is 525 g/mol. The van der Waals surface area contributed by atoms with Crippen molar-refractivity contribution < 1.29 is 23.9 Å². The minimum Gasteiger partial charge on any atom is -0.484 e. The molecule has 200 valence electrons. The Bertz CT molecular complexity index is 1410. The maximum absolute atomic E-state index is 13.5. The summed E-state index contributed by atoms with van der Waals surface area (Å²) in [6, 6.07) is 24.1. The maximum Gasteiger partial charge on any atom is 0.340 e. The number of carbonyl (C=O) groups is 3. The van der Waals surface area contributed by atoms with Crippen LogP contribution in [-0.2, 0) is 19.1 Å². The molecular weight excluding hydrogens is 492 g/mol. The van der Waals surface area contributed by atoms with Crippen LogP contribution in [0.4, 0.5) is 5.69 Å². The van der Waals surface area contributed by atoms with Gasteiger partial charge in [-0.15, -0.1) is 0 Å². The van der Waals surface area contributed by atoms with Crippen molar-refractivity contribution >= 4 is 29.5 Å². The van der Waals surface area contributed by atoms with Gasteiger partial charge in [0.25, 0.3) is 11.8 Å². The van der Waals surface area contributed by atoms with E-state index >= 15 is 0 Å². The fourth-order valence-electron chi connectivity index (χ4n) is 4.37. The number of rotatable bonds is 9. The predicted molar refractivity (Wildman–Crippen MR) is 151 cm³/mol. The monoisotopic (exact) mass is 524 g/mol. The highest BCUT2D eigenvalue weighted by Gasteiger charge is 2.38. The zero-order valence-corrected chi connectivity index (χ0v) is 22.6. The van der Waals surface area contributed by atoms with Crippen molar-refractivity contribution in [1.82, 2.24) is 5.32 Å². The summed E-state index contributed by atoms with van der Waals surface area (Å²) in [5.41, 5.74) is 4.48. The molecule has 7 heteroatoms. The Balaban J connectivity index is 1.48. The second-order valence-electron chi connectivity index (χ2n) is 9.27. The first-order chi connectivity index (χ1) is 18.8. The van der Waals surface area contributed by atoms with Crippen LogP contribution in [0.5, 0.6) is 5.75 Å². The first kappa shape index (κ1) is 27.4. The maximum atomic E-state index is 13.5. The fraction of sp³-hybridized carbons (Fsp3) is 0.219. The molecule has 1 atom stereocenters. The van der Waals surface area contributed by atoms with Crippen LogP contribution in [0.15, 0.2) is 95.7 Å². The molecule has 1 N–H and O–H groups in total. The van der Waals surface area contributed by atoms with Gasteiger partial charge in [-0.3, -0.25) is 14.5 Å². The van der Waals surface area contributed by atoms with E-state index in [1.165, 1.54) is 4.90 Å². The van der Waals surface area contributed by atoms with Crippen LogP contribution in [0.2, 0.25) is 0 Å². The molecule has 0 fully saturated rings. The number of anilines is 1. The lowest BCUT2D eigenvalue weighted by atomic mass is 10.0. The van der Waals surface area contributed by atoms with Crippen LogP contribution < -0.4 is 15.0 Å². The normalized spacial score (nSPS) is 14.9. The van der Waals surface area contributed by atoms with Gasteiger partial charge >= 0.3 is 5.97 Å². The fourth-order valence-corrected chi connectivity index (χ4v) is 4.37. The Kier molecular flexibility index (Phi) is 8.61. The van der Waals surface area contributed by atoms with E-state index < -0.39 is 5.97 Å². The van der Waals surface area contributed by atoms with Crippen molar-refractivity contribution in [2.24, 2.45) is 0 Å². The Hall–Kier alpha value is -4.65. The first-order valence-electron chi connectivity index (χ1n) is 12.9. The minimum atomic E-state index is -0.542. The van der Waals surface area contributed by atoms with Gasteiger partial charge in [0, 0.05) is 11.4 Å². The van der Waals surface area contributed by atoms with Gasteiger partial charge in [-0.05, 0) is 69.2 Å². The highest BCUT2D eigenvalue weighted by atomic mass is 16.5. The van der Waals surface area contributed by atoms with Gasteiger partial charge in [-0.25, -0.2) is 4.79 Å². The summed E-state index contributed by atoms with van der Waals surface area (Å²) in [5, 5.41) is 2.92. The van der Waals surface area contributed by atoms with Gasteiger partial charge in [0.2, 0.25) is 0 Å². The van der Waals surface area contributed by atoms with Crippen molar-refractivity contribution in [1.29, 1.82) is 0 Å². The molecule has 0 aliphatic carbocycles. The lowest BCUT2D eigenvalue weighted by Crippen LogP contribution is -2.31. The van der Waals surface area contributed by atoms with E-state index in [1.54, 1.807) is 44.2 Å². The summed E-state index contributed by atoms with van der Waals surface area (Å²) in [7, 11) is 0. The van der Waals surface area contributed by atoms with Crippen LogP contribution >= 0.6 is 0 Å². The van der Waals surface area contributed by atoms with E-state index in [1.807, 2.05) is 68.4 Å². The lowest BCUT2D eigenvalue weighted by Gasteiger charge is -2.18. The number of aryl methyl sites for hydroxylation is 1. The van der Waals surface area contributed by atoms with Crippen LogP contribution in [0.1, 0.15) is 43.5 Å². The summed E-state index contributed by atoms with van der Waals surface area (Å²) in [6.45, 7) is 7.43. The van der Waals surface area contributed by atoms with Gasteiger partial charge in [0.15, 0.2) is 6.61 Å². The molecule has 2 amide bonds. The number of ether oxygens (including phenoxy) is 2. The number of carbonyl (C=O) groups excluding carboxylic acids is 3. The Morgan fingerprint density at radius 1 is 0.949 bits per heavy atom. The molecule has 39 heavy (non-hydrogen) atoms. The Morgan fingerprint density at radius 3 is 2.26 bits per heavy atom. The third-order valence-electron chi connectivity index (χ3n) is 6.41. The number of nitrogens with zero attached hydrogens (tertiary/aromatic N) is 1. The molecule has 0 bridgehead atoms. The summed E-state index contributed by atoms with van der Waals surface area (Å²) < 4.78 is 10.9. The Labute approximate surface area is 228 Å². The third-order valence-corrected chi connectivity index (χ3v) is 6.41. The molecule has 7 nitrogen and oxygen atoms in total. The summed E-state index contributed by atoms with van der Waals surface area (Å²) in [6.07, 6.45) is 1.67. The molecule has 0 spiro atoms. The zero-order chi connectivity index (χ0) is 27.9. The van der Waals surface area contributed by atoms with E-state index in [0.29, 0.717) is 22.7 Å². The van der Waals surface area contributed by atoms with Crippen molar-refractivity contribution in [3.63, 3.8) is 0 Å². The molecule has 4 rings (SSSR count). The van der Waals surface area contributed by atoms with Crippen LogP contribution in [-0.4, -0.2) is 31.0 Å². The first-order valence-corrected chi connectivity index (χ1v) is 12.9. The molecule has 0 saturated heterocycles. The molecule has 0 radical (unpaired) electrons. The summed E-state index contributed by atoms with van der Waals surface area (Å²) in [4.78, 5) is 40.2. The van der Waals surface area contributed by atoms with Crippen molar-refractivity contribution in [3.05, 3.63) is 112 Å². The number of hydrogen-bond acceptors (Lipinski definition) is 5. The molecule has 3 aromatic carbocycles. The molecular formula is C32H32N2O5. The average Bonchev–Trinajstić information content (AvgIpc) is 3.18. The highest BCUT2D eigenvalue weighted by molar-refractivity contribution is 6.23. The lowest BCUT2D eigenvalue weighted by molar-refractivity contribution is -0.138. The molecule has 3 aromatic rings. The van der Waals surface area contributed by atoms with E-state index in [-0.39, 0.29) is 42.2 Å². The summed E-state index contributed by atoms with van der Waals surface area (Å²) >= 11 is 0. The SMILES string of the molecule is CCOC(=O)C1=C(C)N(c2ccc(C)cc2)C(=O)/C1=C\c1ccc(OCC(=O)N[C@@H](C)c2ccccc2)cc1. The quantitative estimate of drug-likeness (QED) is 0.294. The minimum absolute atomic E-state index is 0.128. The van der Waals surface area contributed by atoms with Gasteiger partial charge in [-0.2, -0.15) is 0 Å². The molecule has 0 aromatic heterocycles.